The first-order valence-electron chi connectivity index (χ1n) is 19.8. The van der Waals surface area contributed by atoms with E-state index in [1.807, 2.05) is 35.2 Å². The topological polar surface area (TPSA) is 154 Å². The zero-order valence-electron chi connectivity index (χ0n) is 32.5. The van der Waals surface area contributed by atoms with E-state index >= 15 is 0 Å². The SMILES string of the molecule is Cc1c(-c2ccc(O)cc2)n(Cc2ccc(OCCCCN3CCN(C(=O)COc4ccc5c(c4)CN(C4CCC(=O)NC4=O)C5=O)CC3)cc2)c2ccc(O)cc12. The second kappa shape index (κ2) is 16.6. The average molecular weight is 786 g/mol. The number of benzene rings is 4. The molecule has 0 saturated carbocycles. The summed E-state index contributed by atoms with van der Waals surface area (Å²) in [6.07, 6.45) is 2.38. The van der Waals surface area contributed by atoms with Gasteiger partial charge in [0.25, 0.3) is 11.8 Å². The molecule has 0 aliphatic carbocycles. The highest BCUT2D eigenvalue weighted by atomic mass is 16.5. The van der Waals surface area contributed by atoms with Crippen LogP contribution >= 0.6 is 0 Å². The van der Waals surface area contributed by atoms with Crippen LogP contribution in [0.2, 0.25) is 0 Å². The summed E-state index contributed by atoms with van der Waals surface area (Å²) in [4.78, 5) is 55.5. The van der Waals surface area contributed by atoms with Crippen LogP contribution in [0.5, 0.6) is 23.0 Å². The number of aromatic hydroxyl groups is 2. The number of ether oxygens (including phenoxy) is 2. The molecule has 13 nitrogen and oxygen atoms in total. The number of rotatable bonds is 13. The number of amides is 4. The molecule has 0 spiro atoms. The van der Waals surface area contributed by atoms with Gasteiger partial charge in [0.2, 0.25) is 11.8 Å². The van der Waals surface area contributed by atoms with Gasteiger partial charge >= 0.3 is 0 Å². The molecule has 1 atom stereocenters. The molecular formula is C45H47N5O8. The lowest BCUT2D eigenvalue weighted by molar-refractivity contribution is -0.137. The molecule has 2 fully saturated rings. The summed E-state index contributed by atoms with van der Waals surface area (Å²) >= 11 is 0. The molecule has 4 aromatic carbocycles. The largest absolute Gasteiger partial charge is 0.508 e. The number of phenolic OH excluding ortho intramolecular Hbond substituents is 2. The molecule has 2 saturated heterocycles. The zero-order chi connectivity index (χ0) is 40.3. The third-order valence-corrected chi connectivity index (χ3v) is 11.4. The summed E-state index contributed by atoms with van der Waals surface area (Å²) in [5.41, 5.74) is 6.46. The molecule has 4 heterocycles. The van der Waals surface area contributed by atoms with Crippen LogP contribution in [0.3, 0.4) is 0 Å². The number of nitrogens with zero attached hydrogens (tertiary/aromatic N) is 4. The standard InChI is InChI=1S/C45H47N5O8/c1-29-38-25-34(52)10-15-39(38)49(43(29)31-6-8-33(51)9-7-31)26-30-4-11-35(12-5-30)57-23-3-2-18-47-19-21-48(22-20-47)42(54)28-58-36-13-14-37-32(24-36)27-50(45(37)56)40-16-17-41(53)46-44(40)55/h4-15,24-25,40,51-52H,2-3,16-23,26-28H2,1H3,(H,46,53,55). The molecule has 300 valence electrons. The lowest BCUT2D eigenvalue weighted by atomic mass is 10.0. The van der Waals surface area contributed by atoms with E-state index in [0.717, 1.165) is 77.1 Å². The number of aromatic nitrogens is 1. The zero-order valence-corrected chi connectivity index (χ0v) is 32.5. The number of nitrogens with one attached hydrogen (secondary N) is 1. The average Bonchev–Trinajstić information content (AvgIpc) is 3.69. The number of unbranched alkanes of at least 4 members (excludes halogenated alkanes) is 1. The quantitative estimate of drug-likeness (QED) is 0.108. The van der Waals surface area contributed by atoms with Crippen molar-refractivity contribution < 1.29 is 38.9 Å². The van der Waals surface area contributed by atoms with Crippen molar-refractivity contribution in [1.82, 2.24) is 24.6 Å². The Hall–Kier alpha value is -6.34. The second-order valence-corrected chi connectivity index (χ2v) is 15.2. The van der Waals surface area contributed by atoms with Crippen LogP contribution in [0.15, 0.2) is 84.9 Å². The van der Waals surface area contributed by atoms with Gasteiger partial charge in [-0.05, 0) is 128 Å². The van der Waals surface area contributed by atoms with Gasteiger partial charge in [-0.2, -0.15) is 0 Å². The molecule has 13 heteroatoms. The van der Waals surface area contributed by atoms with Crippen molar-refractivity contribution in [1.29, 1.82) is 0 Å². The van der Waals surface area contributed by atoms with Gasteiger partial charge in [-0.1, -0.05) is 12.1 Å². The molecule has 3 aliphatic heterocycles. The number of carbonyl (C=O) groups excluding carboxylic acids is 4. The second-order valence-electron chi connectivity index (χ2n) is 15.2. The summed E-state index contributed by atoms with van der Waals surface area (Å²) in [6, 6.07) is 25.2. The van der Waals surface area contributed by atoms with Crippen molar-refractivity contribution in [3.63, 3.8) is 0 Å². The third-order valence-electron chi connectivity index (χ3n) is 11.4. The Labute approximate surface area is 336 Å². The summed E-state index contributed by atoms with van der Waals surface area (Å²) in [5, 5.41) is 23.4. The molecule has 3 N–H and O–H groups in total. The van der Waals surface area contributed by atoms with Crippen LogP contribution in [0.4, 0.5) is 0 Å². The molecule has 8 rings (SSSR count). The van der Waals surface area contributed by atoms with Crippen molar-refractivity contribution in [2.24, 2.45) is 0 Å². The Morgan fingerprint density at radius 1 is 0.828 bits per heavy atom. The summed E-state index contributed by atoms with van der Waals surface area (Å²) < 4.78 is 14.2. The molecule has 5 aromatic rings. The molecule has 4 amide bonds. The highest BCUT2D eigenvalue weighted by molar-refractivity contribution is 6.05. The van der Waals surface area contributed by atoms with Gasteiger partial charge in [0, 0.05) is 62.2 Å². The van der Waals surface area contributed by atoms with Crippen LogP contribution in [0.25, 0.3) is 22.2 Å². The first kappa shape index (κ1) is 38.5. The fourth-order valence-electron chi connectivity index (χ4n) is 8.27. The Morgan fingerprint density at radius 2 is 1.57 bits per heavy atom. The first-order valence-corrected chi connectivity index (χ1v) is 19.8. The number of aryl methyl sites for hydroxylation is 1. The molecular weight excluding hydrogens is 739 g/mol. The van der Waals surface area contributed by atoms with E-state index in [4.69, 9.17) is 9.47 Å². The van der Waals surface area contributed by atoms with E-state index in [1.165, 1.54) is 4.90 Å². The first-order chi connectivity index (χ1) is 28.1. The van der Waals surface area contributed by atoms with Crippen molar-refractivity contribution in [3.05, 3.63) is 107 Å². The number of hydrogen-bond donors (Lipinski definition) is 3. The lowest BCUT2D eigenvalue weighted by Gasteiger charge is -2.34. The fourth-order valence-corrected chi connectivity index (χ4v) is 8.27. The van der Waals surface area contributed by atoms with E-state index in [1.54, 1.807) is 42.5 Å². The number of imide groups is 1. The maximum absolute atomic E-state index is 13.0. The predicted molar refractivity (Wildman–Crippen MR) is 217 cm³/mol. The normalized spacial score (nSPS) is 17.1. The number of piperazine rings is 1. The fraction of sp³-hybridized carbons (Fsp3) is 0.333. The summed E-state index contributed by atoms with van der Waals surface area (Å²) in [6.45, 7) is 7.20. The monoisotopic (exact) mass is 785 g/mol. The minimum atomic E-state index is -0.680. The minimum Gasteiger partial charge on any atom is -0.508 e. The number of piperidine rings is 1. The number of carbonyl (C=O) groups is 4. The summed E-state index contributed by atoms with van der Waals surface area (Å²) in [5.74, 6) is 0.640. The van der Waals surface area contributed by atoms with E-state index in [0.29, 0.717) is 44.0 Å². The van der Waals surface area contributed by atoms with Gasteiger partial charge in [0.15, 0.2) is 6.61 Å². The summed E-state index contributed by atoms with van der Waals surface area (Å²) in [7, 11) is 0. The Balaban J connectivity index is 0.752. The molecule has 1 unspecified atom stereocenters. The van der Waals surface area contributed by atoms with Gasteiger partial charge in [-0.25, -0.2) is 0 Å². The van der Waals surface area contributed by atoms with Gasteiger partial charge in [-0.3, -0.25) is 29.4 Å². The molecule has 0 bridgehead atoms. The van der Waals surface area contributed by atoms with Crippen molar-refractivity contribution >= 4 is 34.5 Å². The Kier molecular flexibility index (Phi) is 11.1. The van der Waals surface area contributed by atoms with Crippen LogP contribution in [-0.2, 0) is 27.5 Å². The van der Waals surface area contributed by atoms with Crippen molar-refractivity contribution in [2.45, 2.75) is 51.7 Å². The van der Waals surface area contributed by atoms with Gasteiger partial charge in [0.1, 0.15) is 29.0 Å². The Bertz CT molecular complexity index is 2350. The van der Waals surface area contributed by atoms with E-state index in [-0.39, 0.29) is 48.8 Å². The third kappa shape index (κ3) is 8.21. The maximum atomic E-state index is 13.0. The maximum Gasteiger partial charge on any atom is 0.260 e. The Morgan fingerprint density at radius 3 is 2.33 bits per heavy atom. The van der Waals surface area contributed by atoms with E-state index in [2.05, 4.69) is 33.8 Å². The van der Waals surface area contributed by atoms with Crippen molar-refractivity contribution in [2.75, 3.05) is 45.9 Å². The predicted octanol–water partition coefficient (Wildman–Crippen LogP) is 5.22. The smallest absolute Gasteiger partial charge is 0.260 e. The van der Waals surface area contributed by atoms with Crippen LogP contribution in [0.1, 0.15) is 52.7 Å². The van der Waals surface area contributed by atoms with Gasteiger partial charge < -0.3 is 34.1 Å². The molecule has 0 radical (unpaired) electrons. The lowest BCUT2D eigenvalue weighted by Crippen LogP contribution is -2.52. The molecule has 58 heavy (non-hydrogen) atoms. The number of fused-ring (bicyclic) bond motifs is 2. The van der Waals surface area contributed by atoms with Gasteiger partial charge in [0.05, 0.1) is 12.3 Å². The van der Waals surface area contributed by atoms with E-state index < -0.39 is 11.9 Å². The van der Waals surface area contributed by atoms with Crippen LogP contribution < -0.4 is 14.8 Å². The van der Waals surface area contributed by atoms with Crippen LogP contribution in [0, 0.1) is 6.92 Å². The molecule has 3 aliphatic rings. The highest BCUT2D eigenvalue weighted by Crippen LogP contribution is 2.36. The van der Waals surface area contributed by atoms with E-state index in [9.17, 15) is 29.4 Å². The number of hydrogen-bond acceptors (Lipinski definition) is 9. The van der Waals surface area contributed by atoms with Crippen molar-refractivity contribution in [3.8, 4) is 34.3 Å². The van der Waals surface area contributed by atoms with Gasteiger partial charge in [-0.15, -0.1) is 0 Å². The number of phenols is 2. The minimum absolute atomic E-state index is 0.0873. The van der Waals surface area contributed by atoms with Crippen LogP contribution in [-0.4, -0.2) is 105 Å². The molecule has 1 aromatic heterocycles. The highest BCUT2D eigenvalue weighted by Gasteiger charge is 2.39.